The van der Waals surface area contributed by atoms with Crippen LogP contribution < -0.4 is 22.9 Å². The summed E-state index contributed by atoms with van der Waals surface area (Å²) in [6.07, 6.45) is 6.84. The summed E-state index contributed by atoms with van der Waals surface area (Å²) >= 11 is 0. The van der Waals surface area contributed by atoms with Gasteiger partial charge in [-0.3, -0.25) is 0 Å². The molecule has 0 aromatic rings. The van der Waals surface area contributed by atoms with Gasteiger partial charge in [-0.05, 0) is 76.5 Å². The predicted octanol–water partition coefficient (Wildman–Crippen LogP) is 0.394. The highest BCUT2D eigenvalue weighted by Gasteiger charge is 2.11. The van der Waals surface area contributed by atoms with Crippen LogP contribution in [-0.2, 0) is 0 Å². The molecule has 0 aliphatic heterocycles. The smallest absolute Gasteiger partial charge is 0.00489 e. The highest BCUT2D eigenvalue weighted by atomic mass is 14.6. The Balaban J connectivity index is 3.69. The van der Waals surface area contributed by atoms with E-state index in [9.17, 15) is 0 Å². The lowest BCUT2D eigenvalue weighted by Crippen LogP contribution is -2.20. The predicted molar refractivity (Wildman–Crippen MR) is 70.9 cm³/mol. The van der Waals surface area contributed by atoms with Gasteiger partial charge in [-0.1, -0.05) is 0 Å². The van der Waals surface area contributed by atoms with Gasteiger partial charge in [0.05, 0.1) is 0 Å². The minimum Gasteiger partial charge on any atom is -0.330 e. The van der Waals surface area contributed by atoms with Gasteiger partial charge in [0.15, 0.2) is 0 Å². The molecule has 4 nitrogen and oxygen atoms in total. The fraction of sp³-hybridized carbons (Fsp3) is 1.00. The van der Waals surface area contributed by atoms with Gasteiger partial charge < -0.3 is 22.9 Å². The lowest BCUT2D eigenvalue weighted by molar-refractivity contribution is 0.363. The fourth-order valence-corrected chi connectivity index (χ4v) is 2.04. The molecule has 0 aliphatic rings. The van der Waals surface area contributed by atoms with Crippen LogP contribution >= 0.6 is 0 Å². The first-order valence-electron chi connectivity index (χ1n) is 6.58. The van der Waals surface area contributed by atoms with E-state index in [4.69, 9.17) is 22.9 Å². The van der Waals surface area contributed by atoms with Gasteiger partial charge in [-0.15, -0.1) is 0 Å². The molecular weight excluding hydrogens is 200 g/mol. The maximum atomic E-state index is 5.75. The van der Waals surface area contributed by atoms with E-state index >= 15 is 0 Å². The Bertz CT molecular complexity index is 125. The van der Waals surface area contributed by atoms with E-state index in [1.807, 2.05) is 0 Å². The molecule has 0 aliphatic carbocycles. The average molecular weight is 230 g/mol. The third-order valence-electron chi connectivity index (χ3n) is 3.28. The molecule has 0 heterocycles. The second-order valence-corrected chi connectivity index (χ2v) is 4.64. The summed E-state index contributed by atoms with van der Waals surface area (Å²) in [6.45, 7) is 3.08. The highest BCUT2D eigenvalue weighted by Crippen LogP contribution is 2.18. The Hall–Kier alpha value is -0.160. The van der Waals surface area contributed by atoms with Crippen LogP contribution in [0.1, 0.15) is 38.5 Å². The van der Waals surface area contributed by atoms with Crippen LogP contribution in [0.15, 0.2) is 0 Å². The molecule has 0 amide bonds. The molecule has 0 rings (SSSR count). The van der Waals surface area contributed by atoms with Crippen molar-refractivity contribution in [3.05, 3.63) is 0 Å². The molecule has 0 aromatic carbocycles. The molecule has 98 valence electrons. The maximum Gasteiger partial charge on any atom is -0.00489 e. The third-order valence-corrected chi connectivity index (χ3v) is 3.28. The molecule has 2 unspecified atom stereocenters. The Morgan fingerprint density at radius 3 is 1.19 bits per heavy atom. The van der Waals surface area contributed by atoms with Crippen LogP contribution in [0.2, 0.25) is 0 Å². The number of hydrogen-bond donors (Lipinski definition) is 4. The molecule has 0 spiro atoms. The summed E-state index contributed by atoms with van der Waals surface area (Å²) in [7, 11) is 0. The van der Waals surface area contributed by atoms with Crippen molar-refractivity contribution >= 4 is 0 Å². The molecule has 0 aromatic heterocycles. The second-order valence-electron chi connectivity index (χ2n) is 4.64. The van der Waals surface area contributed by atoms with Crippen LogP contribution in [0.5, 0.6) is 0 Å². The summed E-state index contributed by atoms with van der Waals surface area (Å²) in [4.78, 5) is 0. The van der Waals surface area contributed by atoms with Gasteiger partial charge in [0.1, 0.15) is 0 Å². The van der Waals surface area contributed by atoms with Crippen LogP contribution in [0.3, 0.4) is 0 Å². The molecule has 0 saturated heterocycles. The Kier molecular flexibility index (Phi) is 11.2. The first-order valence-corrected chi connectivity index (χ1v) is 6.58. The summed E-state index contributed by atoms with van der Waals surface area (Å²) < 4.78 is 0. The van der Waals surface area contributed by atoms with Gasteiger partial charge >= 0.3 is 0 Å². The van der Waals surface area contributed by atoms with Crippen molar-refractivity contribution in [2.75, 3.05) is 26.2 Å². The number of rotatable bonds is 11. The van der Waals surface area contributed by atoms with Crippen molar-refractivity contribution in [2.24, 2.45) is 34.8 Å². The van der Waals surface area contributed by atoms with Crippen molar-refractivity contribution in [3.63, 3.8) is 0 Å². The minimum absolute atomic E-state index is 0.621. The molecule has 16 heavy (non-hydrogen) atoms. The minimum atomic E-state index is 0.621. The van der Waals surface area contributed by atoms with E-state index in [1.165, 1.54) is 12.8 Å². The quantitative estimate of drug-likeness (QED) is 0.412. The van der Waals surface area contributed by atoms with Gasteiger partial charge in [0.2, 0.25) is 0 Å². The first kappa shape index (κ1) is 15.8. The van der Waals surface area contributed by atoms with Crippen molar-refractivity contribution in [1.29, 1.82) is 0 Å². The van der Waals surface area contributed by atoms with Gasteiger partial charge in [0, 0.05) is 0 Å². The molecule has 0 bridgehead atoms. The van der Waals surface area contributed by atoms with Crippen molar-refractivity contribution in [2.45, 2.75) is 38.5 Å². The standard InChI is InChI=1S/C12H30N4/c13-7-1-3-11(9-15)5-6-12(10-16)4-2-8-14/h11-12H,1-10,13-16H2. The topological polar surface area (TPSA) is 104 Å². The molecule has 4 heteroatoms. The summed E-state index contributed by atoms with van der Waals surface area (Å²) in [5.74, 6) is 1.24. The Morgan fingerprint density at radius 2 is 0.938 bits per heavy atom. The highest BCUT2D eigenvalue weighted by molar-refractivity contribution is 4.66. The zero-order valence-corrected chi connectivity index (χ0v) is 10.5. The summed E-state index contributed by atoms with van der Waals surface area (Å²) in [5, 5.41) is 0. The van der Waals surface area contributed by atoms with E-state index in [0.29, 0.717) is 11.8 Å². The fourth-order valence-electron chi connectivity index (χ4n) is 2.04. The van der Waals surface area contributed by atoms with Gasteiger partial charge in [-0.2, -0.15) is 0 Å². The van der Waals surface area contributed by atoms with Crippen LogP contribution in [0.25, 0.3) is 0 Å². The third kappa shape index (κ3) is 8.05. The Morgan fingerprint density at radius 1 is 0.562 bits per heavy atom. The van der Waals surface area contributed by atoms with E-state index < -0.39 is 0 Å². The molecular formula is C12H30N4. The van der Waals surface area contributed by atoms with E-state index in [-0.39, 0.29) is 0 Å². The summed E-state index contributed by atoms with van der Waals surface area (Å²) in [5.41, 5.74) is 22.5. The normalized spacial score (nSPS) is 15.0. The maximum absolute atomic E-state index is 5.75. The van der Waals surface area contributed by atoms with Crippen molar-refractivity contribution in [1.82, 2.24) is 0 Å². The second kappa shape index (κ2) is 11.3. The van der Waals surface area contributed by atoms with Gasteiger partial charge in [0.25, 0.3) is 0 Å². The molecule has 8 N–H and O–H groups in total. The molecule has 0 fully saturated rings. The SMILES string of the molecule is NCCCC(CN)CCC(CN)CCCN. The Labute approximate surface area is 100 Å². The molecule has 2 atom stereocenters. The first-order chi connectivity index (χ1) is 7.78. The summed E-state index contributed by atoms with van der Waals surface area (Å²) in [6, 6.07) is 0. The average Bonchev–Trinajstić information content (AvgIpc) is 2.33. The lowest BCUT2D eigenvalue weighted by Gasteiger charge is -2.19. The largest absolute Gasteiger partial charge is 0.330 e. The molecule has 0 saturated carbocycles. The zero-order valence-electron chi connectivity index (χ0n) is 10.5. The van der Waals surface area contributed by atoms with Crippen LogP contribution in [0, 0.1) is 11.8 Å². The number of nitrogens with two attached hydrogens (primary N) is 4. The van der Waals surface area contributed by atoms with Crippen LogP contribution in [0.4, 0.5) is 0 Å². The van der Waals surface area contributed by atoms with E-state index in [2.05, 4.69) is 0 Å². The van der Waals surface area contributed by atoms with Crippen molar-refractivity contribution < 1.29 is 0 Å². The van der Waals surface area contributed by atoms with Gasteiger partial charge in [-0.25, -0.2) is 0 Å². The monoisotopic (exact) mass is 230 g/mol. The van der Waals surface area contributed by atoms with E-state index in [1.54, 1.807) is 0 Å². The number of hydrogen-bond acceptors (Lipinski definition) is 4. The van der Waals surface area contributed by atoms with Crippen LogP contribution in [-0.4, -0.2) is 26.2 Å². The lowest BCUT2D eigenvalue weighted by atomic mass is 9.90. The van der Waals surface area contributed by atoms with E-state index in [0.717, 1.165) is 51.9 Å². The zero-order chi connectivity index (χ0) is 12.2. The molecule has 0 radical (unpaired) electrons. The van der Waals surface area contributed by atoms with Crippen molar-refractivity contribution in [3.8, 4) is 0 Å².